The highest BCUT2D eigenvalue weighted by atomic mass is 16.1. The first kappa shape index (κ1) is 13.7. The van der Waals surface area contributed by atoms with Gasteiger partial charge in [-0.1, -0.05) is 0 Å². The fourth-order valence-electron chi connectivity index (χ4n) is 2.85. The van der Waals surface area contributed by atoms with Crippen LogP contribution in [0, 0.1) is 5.41 Å². The van der Waals surface area contributed by atoms with E-state index in [9.17, 15) is 4.79 Å². The lowest BCUT2D eigenvalue weighted by atomic mass is 10.1. The number of rotatable bonds is 4. The minimum absolute atomic E-state index is 0.0244. The van der Waals surface area contributed by atoms with Crippen molar-refractivity contribution in [3.63, 3.8) is 0 Å². The van der Waals surface area contributed by atoms with Gasteiger partial charge in [-0.2, -0.15) is 5.10 Å². The van der Waals surface area contributed by atoms with Crippen LogP contribution in [0.15, 0.2) is 18.5 Å². The summed E-state index contributed by atoms with van der Waals surface area (Å²) in [6.45, 7) is 4.71. The summed E-state index contributed by atoms with van der Waals surface area (Å²) in [6, 6.07) is 2.45. The molecule has 3 rings (SSSR count). The first-order chi connectivity index (χ1) is 10.1. The van der Waals surface area contributed by atoms with Gasteiger partial charge in [-0.3, -0.25) is 4.79 Å². The van der Waals surface area contributed by atoms with E-state index in [1.54, 1.807) is 10.7 Å². The topological polar surface area (TPSA) is 74.3 Å². The van der Waals surface area contributed by atoms with Crippen LogP contribution in [0.2, 0.25) is 0 Å². The number of carbonyl (C=O) groups is 1. The molecule has 1 N–H and O–H groups in total. The molecular weight excluding hydrogens is 266 g/mol. The standard InChI is InChI=1S/C15H19N5O/c1-10-4-3-6-19(10)14-5-7-20-15(18-14)12(9-17-20)13(16)8-11(2)21/h5,7,9-10,16H,3-4,6,8H2,1-2H3/t10-/m0/s1. The predicted octanol–water partition coefficient (Wildman–Crippen LogP) is 2.06. The fourth-order valence-corrected chi connectivity index (χ4v) is 2.85. The van der Waals surface area contributed by atoms with Crippen molar-refractivity contribution in [2.24, 2.45) is 0 Å². The monoisotopic (exact) mass is 285 g/mol. The molecule has 0 saturated carbocycles. The predicted molar refractivity (Wildman–Crippen MR) is 81.2 cm³/mol. The molecule has 6 heteroatoms. The summed E-state index contributed by atoms with van der Waals surface area (Å²) in [6.07, 6.45) is 5.96. The Hall–Kier alpha value is -2.24. The molecule has 0 aromatic carbocycles. The van der Waals surface area contributed by atoms with Crippen molar-refractivity contribution < 1.29 is 4.79 Å². The molecular formula is C15H19N5O. The lowest BCUT2D eigenvalue weighted by molar-refractivity contribution is -0.115. The third kappa shape index (κ3) is 2.53. The highest BCUT2D eigenvalue weighted by Crippen LogP contribution is 2.24. The van der Waals surface area contributed by atoms with Crippen LogP contribution in [0.4, 0.5) is 5.82 Å². The summed E-state index contributed by atoms with van der Waals surface area (Å²) in [5.41, 5.74) is 1.56. The molecule has 1 aliphatic heterocycles. The first-order valence-electron chi connectivity index (χ1n) is 7.24. The molecule has 1 aliphatic rings. The van der Waals surface area contributed by atoms with E-state index in [-0.39, 0.29) is 17.9 Å². The van der Waals surface area contributed by atoms with E-state index < -0.39 is 0 Å². The molecule has 21 heavy (non-hydrogen) atoms. The summed E-state index contributed by atoms with van der Waals surface area (Å²) < 4.78 is 1.66. The largest absolute Gasteiger partial charge is 0.354 e. The van der Waals surface area contributed by atoms with Gasteiger partial charge in [-0.15, -0.1) is 0 Å². The van der Waals surface area contributed by atoms with Gasteiger partial charge in [-0.05, 0) is 32.8 Å². The highest BCUT2D eigenvalue weighted by Gasteiger charge is 2.22. The van der Waals surface area contributed by atoms with Crippen LogP contribution in [-0.4, -0.2) is 38.7 Å². The quantitative estimate of drug-likeness (QED) is 0.873. The number of aromatic nitrogens is 3. The molecule has 1 saturated heterocycles. The zero-order valence-corrected chi connectivity index (χ0v) is 12.3. The molecule has 3 heterocycles. The van der Waals surface area contributed by atoms with Crippen LogP contribution < -0.4 is 4.90 Å². The van der Waals surface area contributed by atoms with Crippen molar-refractivity contribution in [3.05, 3.63) is 24.0 Å². The Bertz CT molecular complexity index is 705. The molecule has 0 unspecified atom stereocenters. The number of anilines is 1. The van der Waals surface area contributed by atoms with Gasteiger partial charge >= 0.3 is 0 Å². The van der Waals surface area contributed by atoms with Crippen LogP contribution in [0.3, 0.4) is 0 Å². The highest BCUT2D eigenvalue weighted by molar-refractivity contribution is 6.11. The molecule has 0 spiro atoms. The lowest BCUT2D eigenvalue weighted by Crippen LogP contribution is -2.27. The minimum atomic E-state index is -0.0244. The average molecular weight is 285 g/mol. The Morgan fingerprint density at radius 3 is 3.00 bits per heavy atom. The van der Waals surface area contributed by atoms with E-state index in [0.29, 0.717) is 17.3 Å². The molecule has 1 fully saturated rings. The van der Waals surface area contributed by atoms with Crippen LogP contribution in [0.5, 0.6) is 0 Å². The maximum absolute atomic E-state index is 11.2. The Morgan fingerprint density at radius 2 is 2.33 bits per heavy atom. The van der Waals surface area contributed by atoms with E-state index >= 15 is 0 Å². The number of ketones is 1. The van der Waals surface area contributed by atoms with Crippen LogP contribution in [0.25, 0.3) is 5.65 Å². The Kier molecular flexibility index (Phi) is 3.45. The SMILES string of the molecule is CC(=O)CC(=N)c1cnn2ccc(N3CCC[C@@H]3C)nc12. The maximum Gasteiger partial charge on any atom is 0.166 e. The molecule has 2 aromatic rings. The second-order valence-corrected chi connectivity index (χ2v) is 5.65. The average Bonchev–Trinajstić information content (AvgIpc) is 3.02. The van der Waals surface area contributed by atoms with E-state index in [1.807, 2.05) is 12.3 Å². The van der Waals surface area contributed by atoms with Gasteiger partial charge < -0.3 is 10.3 Å². The van der Waals surface area contributed by atoms with Gasteiger partial charge in [0.2, 0.25) is 0 Å². The second kappa shape index (κ2) is 5.27. The first-order valence-corrected chi connectivity index (χ1v) is 7.24. The number of nitrogens with zero attached hydrogens (tertiary/aromatic N) is 4. The molecule has 110 valence electrons. The third-order valence-electron chi connectivity index (χ3n) is 3.95. The van der Waals surface area contributed by atoms with Crippen molar-refractivity contribution >= 4 is 23.0 Å². The van der Waals surface area contributed by atoms with E-state index in [0.717, 1.165) is 12.4 Å². The Morgan fingerprint density at radius 1 is 1.52 bits per heavy atom. The number of hydrogen-bond donors (Lipinski definition) is 1. The zero-order chi connectivity index (χ0) is 15.0. The van der Waals surface area contributed by atoms with Crippen LogP contribution >= 0.6 is 0 Å². The molecule has 6 nitrogen and oxygen atoms in total. The maximum atomic E-state index is 11.2. The normalized spacial score (nSPS) is 18.4. The van der Waals surface area contributed by atoms with Gasteiger partial charge in [0.15, 0.2) is 5.65 Å². The summed E-state index contributed by atoms with van der Waals surface area (Å²) in [4.78, 5) is 18.2. The lowest BCUT2D eigenvalue weighted by Gasteiger charge is -2.22. The van der Waals surface area contributed by atoms with Gasteiger partial charge in [0, 0.05) is 25.2 Å². The van der Waals surface area contributed by atoms with Gasteiger partial charge in [0.05, 0.1) is 17.5 Å². The third-order valence-corrected chi connectivity index (χ3v) is 3.95. The van der Waals surface area contributed by atoms with Crippen LogP contribution in [-0.2, 0) is 4.79 Å². The minimum Gasteiger partial charge on any atom is -0.354 e. The summed E-state index contributed by atoms with van der Waals surface area (Å²) in [5, 5.41) is 12.3. The molecule has 0 aliphatic carbocycles. The molecule has 0 bridgehead atoms. The summed E-state index contributed by atoms with van der Waals surface area (Å²) in [7, 11) is 0. The second-order valence-electron chi connectivity index (χ2n) is 5.65. The van der Waals surface area contributed by atoms with Crippen molar-refractivity contribution in [1.29, 1.82) is 5.41 Å². The molecule has 1 atom stereocenters. The van der Waals surface area contributed by atoms with Gasteiger partial charge in [0.1, 0.15) is 11.6 Å². The molecule has 0 amide bonds. The Balaban J connectivity index is 1.99. The molecule has 0 radical (unpaired) electrons. The molecule has 2 aromatic heterocycles. The van der Waals surface area contributed by atoms with Gasteiger partial charge in [-0.25, -0.2) is 9.50 Å². The van der Waals surface area contributed by atoms with Crippen molar-refractivity contribution in [3.8, 4) is 0 Å². The summed E-state index contributed by atoms with van der Waals surface area (Å²) in [5.74, 6) is 0.897. The zero-order valence-electron chi connectivity index (χ0n) is 12.3. The number of Topliss-reactive ketones (excluding diaryl/α,β-unsaturated/α-hetero) is 1. The van der Waals surface area contributed by atoms with Crippen LogP contribution in [0.1, 0.15) is 38.7 Å². The summed E-state index contributed by atoms with van der Waals surface area (Å²) >= 11 is 0. The van der Waals surface area contributed by atoms with E-state index in [1.165, 1.54) is 19.8 Å². The number of nitrogens with one attached hydrogen (secondary N) is 1. The van der Waals surface area contributed by atoms with Crippen molar-refractivity contribution in [2.75, 3.05) is 11.4 Å². The van der Waals surface area contributed by atoms with E-state index in [2.05, 4.69) is 21.9 Å². The van der Waals surface area contributed by atoms with E-state index in [4.69, 9.17) is 5.41 Å². The van der Waals surface area contributed by atoms with Gasteiger partial charge in [0.25, 0.3) is 0 Å². The van der Waals surface area contributed by atoms with Crippen molar-refractivity contribution in [1.82, 2.24) is 14.6 Å². The fraction of sp³-hybridized carbons (Fsp3) is 0.467. The smallest absolute Gasteiger partial charge is 0.166 e. The Labute approximate surface area is 123 Å². The number of hydrogen-bond acceptors (Lipinski definition) is 5. The van der Waals surface area contributed by atoms with Crippen molar-refractivity contribution in [2.45, 2.75) is 39.2 Å². The number of fused-ring (bicyclic) bond motifs is 1. The number of carbonyl (C=O) groups excluding carboxylic acids is 1.